The third-order valence-corrected chi connectivity index (χ3v) is 6.62. The van der Waals surface area contributed by atoms with Crippen molar-refractivity contribution in [2.45, 2.75) is 18.9 Å². The highest BCUT2D eigenvalue weighted by Gasteiger charge is 2.23. The largest absolute Gasteiger partial charge is 0.507 e. The summed E-state index contributed by atoms with van der Waals surface area (Å²) < 4.78 is 0. The molecule has 0 bridgehead atoms. The normalized spacial score (nSPS) is 16.8. The summed E-state index contributed by atoms with van der Waals surface area (Å²) in [6, 6.07) is 13.3. The zero-order valence-electron chi connectivity index (χ0n) is 19.6. The number of aromatic nitrogens is 3. The fourth-order valence-electron chi connectivity index (χ4n) is 4.67. The lowest BCUT2D eigenvalue weighted by Gasteiger charge is -2.34. The zero-order valence-corrected chi connectivity index (χ0v) is 19.6. The molecule has 0 spiro atoms. The van der Waals surface area contributed by atoms with Gasteiger partial charge in [-0.15, -0.1) is 10.2 Å². The Morgan fingerprint density at radius 3 is 2.49 bits per heavy atom. The molecule has 10 nitrogen and oxygen atoms in total. The number of nitrogens with two attached hydrogens (primary N) is 1. The number of rotatable bonds is 6. The SMILES string of the molecule is N=C(N)c1nnc(-c2ccccc2O)cc1NC1CCN(c2ccc(N3CCNCC3)cn2)CC1. The van der Waals surface area contributed by atoms with Crippen LogP contribution in [0.1, 0.15) is 18.5 Å². The first-order valence-electron chi connectivity index (χ1n) is 12.0. The molecule has 35 heavy (non-hydrogen) atoms. The first kappa shape index (κ1) is 22.9. The minimum Gasteiger partial charge on any atom is -0.507 e. The highest BCUT2D eigenvalue weighted by atomic mass is 16.3. The monoisotopic (exact) mass is 473 g/mol. The van der Waals surface area contributed by atoms with E-state index < -0.39 is 0 Å². The van der Waals surface area contributed by atoms with Gasteiger partial charge in [-0.1, -0.05) is 12.1 Å². The zero-order chi connectivity index (χ0) is 24.2. The molecule has 10 heteroatoms. The molecule has 2 fully saturated rings. The van der Waals surface area contributed by atoms with Gasteiger partial charge >= 0.3 is 0 Å². The van der Waals surface area contributed by atoms with Gasteiger partial charge in [-0.2, -0.15) is 0 Å². The second-order valence-electron chi connectivity index (χ2n) is 8.94. The second-order valence-corrected chi connectivity index (χ2v) is 8.94. The van der Waals surface area contributed by atoms with Crippen molar-refractivity contribution in [3.8, 4) is 17.0 Å². The van der Waals surface area contributed by atoms with Gasteiger partial charge in [0.15, 0.2) is 5.69 Å². The molecule has 3 aromatic rings. The molecule has 0 saturated carbocycles. The third-order valence-electron chi connectivity index (χ3n) is 6.62. The lowest BCUT2D eigenvalue weighted by molar-refractivity contribution is 0.477. The van der Waals surface area contributed by atoms with Crippen LogP contribution in [0.3, 0.4) is 0 Å². The lowest BCUT2D eigenvalue weighted by atomic mass is 10.0. The molecule has 0 radical (unpaired) electrons. The molecule has 2 aliphatic rings. The molecule has 1 aromatic carbocycles. The number of amidine groups is 1. The number of piperazine rings is 1. The maximum absolute atomic E-state index is 10.2. The van der Waals surface area contributed by atoms with Gasteiger partial charge < -0.3 is 31.3 Å². The van der Waals surface area contributed by atoms with Gasteiger partial charge in [-0.05, 0) is 43.2 Å². The summed E-state index contributed by atoms with van der Waals surface area (Å²) >= 11 is 0. The van der Waals surface area contributed by atoms with Gasteiger partial charge in [0, 0.05) is 50.9 Å². The van der Waals surface area contributed by atoms with E-state index in [4.69, 9.17) is 16.1 Å². The number of nitrogens with zero attached hydrogens (tertiary/aromatic N) is 5. The molecule has 0 unspecified atom stereocenters. The fourth-order valence-corrected chi connectivity index (χ4v) is 4.67. The number of nitrogens with one attached hydrogen (secondary N) is 3. The van der Waals surface area contributed by atoms with Gasteiger partial charge in [0.05, 0.1) is 23.3 Å². The van der Waals surface area contributed by atoms with Crippen molar-refractivity contribution in [1.29, 1.82) is 5.41 Å². The number of piperidine rings is 1. The fraction of sp³-hybridized carbons (Fsp3) is 0.360. The highest BCUT2D eigenvalue weighted by Crippen LogP contribution is 2.30. The van der Waals surface area contributed by atoms with Gasteiger partial charge in [0.1, 0.15) is 17.4 Å². The van der Waals surface area contributed by atoms with E-state index in [1.807, 2.05) is 18.3 Å². The predicted octanol–water partition coefficient (Wildman–Crippen LogP) is 2.02. The molecule has 2 saturated heterocycles. The van der Waals surface area contributed by atoms with Crippen molar-refractivity contribution in [1.82, 2.24) is 20.5 Å². The molecular formula is C25H31N9O. The summed E-state index contributed by atoms with van der Waals surface area (Å²) in [5.74, 6) is 0.987. The predicted molar refractivity (Wildman–Crippen MR) is 138 cm³/mol. The van der Waals surface area contributed by atoms with E-state index in [0.29, 0.717) is 22.6 Å². The van der Waals surface area contributed by atoms with Crippen LogP contribution in [-0.2, 0) is 0 Å². The number of hydrogen-bond acceptors (Lipinski definition) is 9. The Hall–Kier alpha value is -3.92. The minimum atomic E-state index is -0.143. The Labute approximate surface area is 204 Å². The van der Waals surface area contributed by atoms with Crippen molar-refractivity contribution in [2.75, 3.05) is 54.4 Å². The minimum absolute atomic E-state index is 0.132. The summed E-state index contributed by atoms with van der Waals surface area (Å²) in [5, 5.41) is 33.4. The first-order valence-corrected chi connectivity index (χ1v) is 12.0. The number of hydrogen-bond donors (Lipinski definition) is 5. The van der Waals surface area contributed by atoms with E-state index in [2.05, 4.69) is 42.8 Å². The first-order chi connectivity index (χ1) is 17.1. The van der Waals surface area contributed by atoms with Gasteiger partial charge in [-0.3, -0.25) is 5.41 Å². The van der Waals surface area contributed by atoms with Gasteiger partial charge in [0.25, 0.3) is 0 Å². The van der Waals surface area contributed by atoms with Crippen molar-refractivity contribution >= 4 is 23.0 Å². The van der Waals surface area contributed by atoms with Crippen LogP contribution in [0.5, 0.6) is 5.75 Å². The topological polar surface area (TPSA) is 139 Å². The van der Waals surface area contributed by atoms with Crippen molar-refractivity contribution in [2.24, 2.45) is 5.73 Å². The molecule has 0 atom stereocenters. The number of aromatic hydroxyl groups is 1. The molecule has 5 rings (SSSR count). The van der Waals surface area contributed by atoms with Crippen LogP contribution in [0.4, 0.5) is 17.2 Å². The van der Waals surface area contributed by atoms with E-state index in [9.17, 15) is 5.11 Å². The van der Waals surface area contributed by atoms with Gasteiger partial charge in [0.2, 0.25) is 0 Å². The summed E-state index contributed by atoms with van der Waals surface area (Å²) in [5.41, 5.74) is 9.03. The standard InChI is InChI=1S/C25H31N9O/c26-25(27)24-21(15-20(31-32-24)19-3-1-2-4-22(19)35)30-17-7-11-34(12-8-17)23-6-5-18(16-29-23)33-13-9-28-10-14-33/h1-6,15-17,28,35H,7-14H2,(H3,26,27)(H,30,31). The molecule has 0 aliphatic carbocycles. The van der Waals surface area contributed by atoms with Crippen molar-refractivity contribution in [3.63, 3.8) is 0 Å². The Kier molecular flexibility index (Phi) is 6.62. The van der Waals surface area contributed by atoms with E-state index in [0.717, 1.165) is 57.9 Å². The maximum atomic E-state index is 10.2. The van der Waals surface area contributed by atoms with Crippen LogP contribution in [0.15, 0.2) is 48.7 Å². The number of anilines is 3. The van der Waals surface area contributed by atoms with E-state index in [1.54, 1.807) is 18.2 Å². The molecular weight excluding hydrogens is 442 g/mol. The summed E-state index contributed by atoms with van der Waals surface area (Å²) in [4.78, 5) is 9.41. The van der Waals surface area contributed by atoms with E-state index in [1.165, 1.54) is 5.69 Å². The molecule has 2 aromatic heterocycles. The van der Waals surface area contributed by atoms with Crippen molar-refractivity contribution < 1.29 is 5.11 Å². The Bertz CT molecular complexity index is 1170. The average molecular weight is 474 g/mol. The molecule has 4 heterocycles. The molecule has 182 valence electrons. The van der Waals surface area contributed by atoms with Gasteiger partial charge in [-0.25, -0.2) is 4.98 Å². The number of para-hydroxylation sites is 1. The maximum Gasteiger partial charge on any atom is 0.150 e. The Morgan fingerprint density at radius 1 is 1.03 bits per heavy atom. The third kappa shape index (κ3) is 5.12. The second kappa shape index (κ2) is 10.1. The molecule has 6 N–H and O–H groups in total. The van der Waals surface area contributed by atoms with Crippen LogP contribution in [-0.4, -0.2) is 71.4 Å². The van der Waals surface area contributed by atoms with E-state index >= 15 is 0 Å². The van der Waals surface area contributed by atoms with Crippen LogP contribution in [0, 0.1) is 5.41 Å². The Balaban J connectivity index is 1.25. The summed E-state index contributed by atoms with van der Waals surface area (Å²) in [6.07, 6.45) is 3.80. The summed E-state index contributed by atoms with van der Waals surface area (Å²) in [7, 11) is 0. The number of benzene rings is 1. The van der Waals surface area contributed by atoms with Crippen LogP contribution >= 0.6 is 0 Å². The van der Waals surface area contributed by atoms with Crippen LogP contribution in [0.25, 0.3) is 11.3 Å². The molecule has 0 amide bonds. The number of phenolic OH excluding ortho intramolecular Hbond substituents is 1. The van der Waals surface area contributed by atoms with Crippen LogP contribution < -0.4 is 26.2 Å². The smallest absolute Gasteiger partial charge is 0.150 e. The number of pyridine rings is 1. The molecule has 2 aliphatic heterocycles. The highest BCUT2D eigenvalue weighted by molar-refractivity contribution is 5.98. The number of phenols is 1. The average Bonchev–Trinajstić information content (AvgIpc) is 2.90. The van der Waals surface area contributed by atoms with E-state index in [-0.39, 0.29) is 17.6 Å². The summed E-state index contributed by atoms with van der Waals surface area (Å²) in [6.45, 7) is 5.78. The quantitative estimate of drug-likeness (QED) is 0.269. The van der Waals surface area contributed by atoms with Crippen molar-refractivity contribution in [3.05, 3.63) is 54.4 Å². The number of nitrogen functional groups attached to an aromatic ring is 1. The lowest BCUT2D eigenvalue weighted by Crippen LogP contribution is -2.43. The van der Waals surface area contributed by atoms with Crippen LogP contribution in [0.2, 0.25) is 0 Å². The Morgan fingerprint density at radius 2 is 1.80 bits per heavy atom.